The van der Waals surface area contributed by atoms with Crippen LogP contribution < -0.4 is 4.74 Å². The molecule has 0 unspecified atom stereocenters. The molecule has 0 saturated heterocycles. The normalized spacial score (nSPS) is 10.7. The molecule has 0 spiro atoms. The van der Waals surface area contributed by atoms with Gasteiger partial charge in [0.2, 0.25) is 0 Å². The van der Waals surface area contributed by atoms with Gasteiger partial charge in [-0.3, -0.25) is 4.79 Å². The van der Waals surface area contributed by atoms with Crippen molar-refractivity contribution < 1.29 is 24.2 Å². The number of hydrogen-bond acceptors (Lipinski definition) is 6. The van der Waals surface area contributed by atoms with Gasteiger partial charge in [-0.15, -0.1) is 0 Å². The molecule has 7 heteroatoms. The van der Waals surface area contributed by atoms with Gasteiger partial charge in [-0.05, 0) is 24.3 Å². The van der Waals surface area contributed by atoms with Crippen LogP contribution in [0.1, 0.15) is 26.4 Å². The number of phenolic OH excluding ortho intramolecular Hbond substituents is 1. The maximum atomic E-state index is 12.0. The Morgan fingerprint density at radius 1 is 1.13 bits per heavy atom. The van der Waals surface area contributed by atoms with Crippen LogP contribution in [0, 0.1) is 0 Å². The summed E-state index contributed by atoms with van der Waals surface area (Å²) in [5.74, 6) is -0.440. The Balaban J connectivity index is 1.77. The molecule has 0 atom stereocenters. The number of phenols is 1. The van der Waals surface area contributed by atoms with Crippen molar-refractivity contribution in [1.82, 2.24) is 9.97 Å². The number of nitrogens with zero attached hydrogens (tertiary/aromatic N) is 1. The second-order valence-corrected chi connectivity index (χ2v) is 6.54. The number of ether oxygens (including phenoxy) is 2. The second-order valence-electron chi connectivity index (χ2n) is 6.54. The van der Waals surface area contributed by atoms with Gasteiger partial charge in [-0.1, -0.05) is 30.3 Å². The van der Waals surface area contributed by atoms with Gasteiger partial charge in [0.1, 0.15) is 23.8 Å². The number of aromatic amines is 1. The summed E-state index contributed by atoms with van der Waals surface area (Å²) in [5, 5.41) is 10.8. The molecule has 0 fully saturated rings. The van der Waals surface area contributed by atoms with Gasteiger partial charge >= 0.3 is 5.97 Å². The molecule has 0 radical (unpaired) electrons. The Labute approximate surface area is 171 Å². The van der Waals surface area contributed by atoms with Crippen molar-refractivity contribution in [3.05, 3.63) is 77.6 Å². The number of nitrogens with one attached hydrogen (secondary N) is 1. The number of aromatic hydroxyl groups is 1. The SMILES string of the molecule is COC(=O)c1ccc(COc2cccc(O)c2C=O)c(-c2c[nH]c3ccccc23)n1. The van der Waals surface area contributed by atoms with Crippen LogP contribution in [-0.2, 0) is 11.3 Å². The minimum atomic E-state index is -0.542. The highest BCUT2D eigenvalue weighted by molar-refractivity contribution is 5.96. The number of carbonyl (C=O) groups is 2. The molecule has 30 heavy (non-hydrogen) atoms. The topological polar surface area (TPSA) is 102 Å². The fourth-order valence-electron chi connectivity index (χ4n) is 3.26. The molecule has 4 aromatic rings. The predicted octanol–water partition coefficient (Wildman–Crippen LogP) is 4.11. The number of pyridine rings is 1. The molecular formula is C23H18N2O5. The highest BCUT2D eigenvalue weighted by Crippen LogP contribution is 2.32. The first kappa shape index (κ1) is 19.2. The largest absolute Gasteiger partial charge is 0.507 e. The smallest absolute Gasteiger partial charge is 0.356 e. The van der Waals surface area contributed by atoms with E-state index in [1.807, 2.05) is 30.5 Å². The Morgan fingerprint density at radius 2 is 1.97 bits per heavy atom. The van der Waals surface area contributed by atoms with Crippen LogP contribution in [0.2, 0.25) is 0 Å². The Kier molecular flexibility index (Phi) is 5.17. The molecule has 2 heterocycles. The molecule has 0 amide bonds. The van der Waals surface area contributed by atoms with Crippen LogP contribution in [0.15, 0.2) is 60.8 Å². The first-order chi connectivity index (χ1) is 14.6. The molecule has 2 aromatic heterocycles. The van der Waals surface area contributed by atoms with Gasteiger partial charge in [-0.2, -0.15) is 0 Å². The van der Waals surface area contributed by atoms with E-state index in [2.05, 4.69) is 9.97 Å². The summed E-state index contributed by atoms with van der Waals surface area (Å²) in [6, 6.07) is 15.7. The van der Waals surface area contributed by atoms with E-state index < -0.39 is 5.97 Å². The average molecular weight is 402 g/mol. The number of carbonyl (C=O) groups excluding carboxylic acids is 2. The maximum absolute atomic E-state index is 12.0. The van der Waals surface area contributed by atoms with Crippen molar-refractivity contribution in [3.8, 4) is 22.8 Å². The van der Waals surface area contributed by atoms with E-state index in [9.17, 15) is 14.7 Å². The molecule has 0 saturated carbocycles. The fourth-order valence-corrected chi connectivity index (χ4v) is 3.26. The molecule has 150 valence electrons. The summed E-state index contributed by atoms with van der Waals surface area (Å²) >= 11 is 0. The summed E-state index contributed by atoms with van der Waals surface area (Å²) < 4.78 is 10.6. The highest BCUT2D eigenvalue weighted by Gasteiger charge is 2.17. The number of esters is 1. The summed E-state index contributed by atoms with van der Waals surface area (Å²) in [4.78, 5) is 31.0. The van der Waals surface area contributed by atoms with E-state index in [0.717, 1.165) is 16.5 Å². The van der Waals surface area contributed by atoms with Gasteiger partial charge in [0.25, 0.3) is 0 Å². The minimum absolute atomic E-state index is 0.0743. The van der Waals surface area contributed by atoms with Crippen molar-refractivity contribution in [2.45, 2.75) is 6.61 Å². The Morgan fingerprint density at radius 3 is 2.77 bits per heavy atom. The number of methoxy groups -OCH3 is 1. The highest BCUT2D eigenvalue weighted by atomic mass is 16.5. The second kappa shape index (κ2) is 8.08. The zero-order valence-electron chi connectivity index (χ0n) is 16.1. The zero-order valence-corrected chi connectivity index (χ0v) is 16.1. The third kappa shape index (κ3) is 3.48. The van der Waals surface area contributed by atoms with Gasteiger partial charge in [-0.25, -0.2) is 9.78 Å². The van der Waals surface area contributed by atoms with Crippen LogP contribution in [0.3, 0.4) is 0 Å². The Bertz CT molecular complexity index is 1250. The quantitative estimate of drug-likeness (QED) is 0.372. The predicted molar refractivity (Wildman–Crippen MR) is 111 cm³/mol. The van der Waals surface area contributed by atoms with Crippen LogP contribution in [0.5, 0.6) is 11.5 Å². The number of aldehydes is 1. The van der Waals surface area contributed by atoms with E-state index in [4.69, 9.17) is 9.47 Å². The summed E-state index contributed by atoms with van der Waals surface area (Å²) in [5.41, 5.74) is 3.25. The van der Waals surface area contributed by atoms with E-state index in [1.165, 1.54) is 13.2 Å². The van der Waals surface area contributed by atoms with Gasteiger partial charge in [0.05, 0.1) is 18.4 Å². The first-order valence-electron chi connectivity index (χ1n) is 9.17. The van der Waals surface area contributed by atoms with Crippen molar-refractivity contribution in [3.63, 3.8) is 0 Å². The van der Waals surface area contributed by atoms with E-state index in [0.29, 0.717) is 17.5 Å². The Hall–Kier alpha value is -4.13. The van der Waals surface area contributed by atoms with Crippen LogP contribution in [-0.4, -0.2) is 34.4 Å². The number of H-pyrrole nitrogens is 1. The van der Waals surface area contributed by atoms with Gasteiger partial charge in [0, 0.05) is 28.2 Å². The number of aromatic nitrogens is 2. The standard InChI is InChI=1S/C23H18N2O5/c1-29-23(28)19-10-9-14(13-30-21-8-4-7-20(27)17(21)12-26)22(25-19)16-11-24-18-6-3-2-5-15(16)18/h2-12,24,27H,13H2,1H3. The third-order valence-electron chi connectivity index (χ3n) is 4.76. The average Bonchev–Trinajstić information content (AvgIpc) is 3.21. The lowest BCUT2D eigenvalue weighted by Gasteiger charge is -2.13. The molecule has 0 aliphatic rings. The molecule has 0 aliphatic heterocycles. The molecule has 7 nitrogen and oxygen atoms in total. The molecule has 2 aromatic carbocycles. The van der Waals surface area contributed by atoms with Crippen molar-refractivity contribution in [2.75, 3.05) is 7.11 Å². The summed E-state index contributed by atoms with van der Waals surface area (Å²) in [6.07, 6.45) is 2.37. The lowest BCUT2D eigenvalue weighted by Crippen LogP contribution is -2.08. The van der Waals surface area contributed by atoms with Crippen molar-refractivity contribution in [2.24, 2.45) is 0 Å². The summed E-state index contributed by atoms with van der Waals surface area (Å²) in [6.45, 7) is 0.0770. The van der Waals surface area contributed by atoms with Gasteiger partial charge < -0.3 is 19.6 Å². The number of para-hydroxylation sites is 1. The molecule has 2 N–H and O–H groups in total. The fraction of sp³-hybridized carbons (Fsp3) is 0.0870. The third-order valence-corrected chi connectivity index (χ3v) is 4.76. The monoisotopic (exact) mass is 402 g/mol. The number of benzene rings is 2. The zero-order chi connectivity index (χ0) is 21.1. The minimum Gasteiger partial charge on any atom is -0.507 e. The molecule has 4 rings (SSSR count). The van der Waals surface area contributed by atoms with Crippen LogP contribution in [0.4, 0.5) is 0 Å². The number of fused-ring (bicyclic) bond motifs is 1. The van der Waals surface area contributed by atoms with Crippen molar-refractivity contribution >= 4 is 23.2 Å². The lowest BCUT2D eigenvalue weighted by atomic mass is 10.0. The summed E-state index contributed by atoms with van der Waals surface area (Å²) in [7, 11) is 1.30. The lowest BCUT2D eigenvalue weighted by molar-refractivity contribution is 0.0594. The molecule has 0 aliphatic carbocycles. The molecular weight excluding hydrogens is 384 g/mol. The van der Waals surface area contributed by atoms with E-state index >= 15 is 0 Å². The first-order valence-corrected chi connectivity index (χ1v) is 9.17. The van der Waals surface area contributed by atoms with E-state index in [-0.39, 0.29) is 29.4 Å². The van der Waals surface area contributed by atoms with Gasteiger partial charge in [0.15, 0.2) is 6.29 Å². The molecule has 0 bridgehead atoms. The number of hydrogen-bond donors (Lipinski definition) is 2. The number of rotatable bonds is 6. The van der Waals surface area contributed by atoms with E-state index in [1.54, 1.807) is 24.3 Å². The van der Waals surface area contributed by atoms with Crippen LogP contribution >= 0.6 is 0 Å². The van der Waals surface area contributed by atoms with Crippen molar-refractivity contribution in [1.29, 1.82) is 0 Å². The van der Waals surface area contributed by atoms with Crippen LogP contribution in [0.25, 0.3) is 22.2 Å². The maximum Gasteiger partial charge on any atom is 0.356 e.